The van der Waals surface area contributed by atoms with Gasteiger partial charge in [0.1, 0.15) is 104 Å². The molecule has 4 saturated heterocycles. The summed E-state index contributed by atoms with van der Waals surface area (Å²) in [7, 11) is -11.2. The Morgan fingerprint density at radius 1 is 0.333 bits per heavy atom. The van der Waals surface area contributed by atoms with Gasteiger partial charge in [0.15, 0.2) is 25.2 Å². The molecule has 22 atom stereocenters. The minimum Gasteiger partial charge on any atom is -0.463 e. The van der Waals surface area contributed by atoms with E-state index in [2.05, 4.69) is 134 Å². The van der Waals surface area contributed by atoms with E-state index in [-0.39, 0.29) is 0 Å². The summed E-state index contributed by atoms with van der Waals surface area (Å²) < 4.78 is 84.7. The molecule has 4 aliphatic heterocycles. The predicted octanol–water partition coefficient (Wildman–Crippen LogP) is 10.3. The normalized spacial score (nSPS) is 31.6. The second-order valence-electron chi connectivity index (χ2n) is 30.2. The third-order valence-electron chi connectivity index (χ3n) is 20.2. The van der Waals surface area contributed by atoms with E-state index in [1.54, 1.807) is 13.0 Å². The quantitative estimate of drug-likeness (QED) is 0.0153. The van der Waals surface area contributed by atoms with Crippen molar-refractivity contribution in [3.05, 3.63) is 128 Å². The molecule has 0 bridgehead atoms. The first-order valence-corrected chi connectivity index (χ1v) is 42.0. The fraction of sp³-hybridized carbons (Fsp3) is 0.716. The zero-order chi connectivity index (χ0) is 82.7. The average molecular weight is 1620 g/mol. The van der Waals surface area contributed by atoms with E-state index in [0.29, 0.717) is 18.4 Å². The molecule has 30 heteroatoms. The Hall–Kier alpha value is -3.89. The van der Waals surface area contributed by atoms with Crippen molar-refractivity contribution in [2.75, 3.05) is 33.0 Å². The monoisotopic (exact) mass is 1620 g/mol. The van der Waals surface area contributed by atoms with Crippen LogP contribution in [0.2, 0.25) is 0 Å². The fourth-order valence-corrected chi connectivity index (χ4v) is 15.1. The zero-order valence-electron chi connectivity index (χ0n) is 67.4. The molecule has 0 aromatic rings. The van der Waals surface area contributed by atoms with Crippen LogP contribution >= 0.6 is 15.6 Å². The van der Waals surface area contributed by atoms with Gasteiger partial charge in [0, 0.05) is 6.92 Å². The maximum atomic E-state index is 13.2. The number of phosphoric acid groups is 2. The zero-order valence-corrected chi connectivity index (χ0v) is 69.2. The number of hydrogen-bond acceptors (Lipinski definition) is 26. The van der Waals surface area contributed by atoms with Gasteiger partial charge in [-0.2, -0.15) is 4.31 Å². The number of rotatable bonds is 48. The molecule has 636 valence electrons. The minimum atomic E-state index is -5.79. The number of aliphatic hydroxyl groups excluding tert-OH is 12. The van der Waals surface area contributed by atoms with Gasteiger partial charge in [0.25, 0.3) is 0 Å². The molecule has 0 radical (unpaired) electrons. The molecule has 111 heavy (non-hydrogen) atoms. The molecule has 0 spiro atoms. The van der Waals surface area contributed by atoms with Crippen molar-refractivity contribution in [3.63, 3.8) is 0 Å². The van der Waals surface area contributed by atoms with E-state index < -0.39 is 177 Å². The van der Waals surface area contributed by atoms with Crippen molar-refractivity contribution in [2.24, 2.45) is 0 Å². The molecular formula is C81H134O28P2. The van der Waals surface area contributed by atoms with Gasteiger partial charge in [-0.05, 0) is 212 Å². The number of phosphoric ester groups is 2. The first-order chi connectivity index (χ1) is 52.4. The molecule has 0 amide bonds. The van der Waals surface area contributed by atoms with Crippen molar-refractivity contribution >= 4 is 21.6 Å². The highest BCUT2D eigenvalue weighted by molar-refractivity contribution is 7.61. The van der Waals surface area contributed by atoms with Crippen LogP contribution < -0.4 is 0 Å². The molecule has 28 nitrogen and oxygen atoms in total. The van der Waals surface area contributed by atoms with Crippen LogP contribution in [0.1, 0.15) is 218 Å². The summed E-state index contributed by atoms with van der Waals surface area (Å²) in [6.07, 6.45) is 5.73. The van der Waals surface area contributed by atoms with Crippen LogP contribution in [0.3, 0.4) is 0 Å². The first kappa shape index (κ1) is 99.5. The lowest BCUT2D eigenvalue weighted by Crippen LogP contribution is -2.67. The number of allylic oxidation sites excluding steroid dienone is 21. The van der Waals surface area contributed by atoms with Gasteiger partial charge in [0.05, 0.1) is 26.4 Å². The highest BCUT2D eigenvalue weighted by Gasteiger charge is 2.56. The maximum Gasteiger partial charge on any atom is 0.483 e. The second-order valence-corrected chi connectivity index (χ2v) is 33.2. The molecule has 4 aliphatic rings. The summed E-state index contributed by atoms with van der Waals surface area (Å²) in [5, 5.41) is 129. The van der Waals surface area contributed by atoms with Gasteiger partial charge in [-0.1, -0.05) is 128 Å². The van der Waals surface area contributed by atoms with E-state index in [1.165, 1.54) is 50.2 Å². The number of aliphatic hydroxyl groups is 12. The summed E-state index contributed by atoms with van der Waals surface area (Å²) in [5.41, 5.74) is 14.6. The highest BCUT2D eigenvalue weighted by atomic mass is 31.3. The highest BCUT2D eigenvalue weighted by Crippen LogP contribution is 2.61. The number of ether oxygens (including phenoxy) is 8. The second kappa shape index (κ2) is 51.3. The Morgan fingerprint density at radius 3 is 0.964 bits per heavy atom. The predicted molar refractivity (Wildman–Crippen MR) is 418 cm³/mol. The Kier molecular flexibility index (Phi) is 46.0. The van der Waals surface area contributed by atoms with Crippen LogP contribution in [0, 0.1) is 0 Å². The van der Waals surface area contributed by atoms with E-state index in [4.69, 9.17) is 46.9 Å². The lowest BCUT2D eigenvalue weighted by atomic mass is 9.95. The molecule has 2 unspecified atom stereocenters. The van der Waals surface area contributed by atoms with Gasteiger partial charge in [-0.15, -0.1) is 0 Å². The van der Waals surface area contributed by atoms with Crippen LogP contribution in [-0.2, 0) is 65.2 Å². The summed E-state index contributed by atoms with van der Waals surface area (Å²) in [4.78, 5) is 33.0. The topological polar surface area (TPSA) is 436 Å². The molecular weight excluding hydrogens is 1480 g/mol. The van der Waals surface area contributed by atoms with Crippen LogP contribution in [0.25, 0.3) is 0 Å². The van der Waals surface area contributed by atoms with Gasteiger partial charge in [0.2, 0.25) is 0 Å². The lowest BCUT2D eigenvalue weighted by molar-refractivity contribution is -0.387. The van der Waals surface area contributed by atoms with Crippen molar-refractivity contribution in [1.82, 2.24) is 0 Å². The Balaban J connectivity index is 1.14. The van der Waals surface area contributed by atoms with Gasteiger partial charge in [-0.25, -0.2) is 9.13 Å². The summed E-state index contributed by atoms with van der Waals surface area (Å²) in [6, 6.07) is 0. The Labute approximate surface area is 657 Å². The molecule has 4 fully saturated rings. The van der Waals surface area contributed by atoms with Crippen molar-refractivity contribution in [1.29, 1.82) is 0 Å². The number of hydrogen-bond donors (Lipinski definition) is 14. The standard InChI is InChI=1S/C81H134O28P2/c1-14-50(2)25-15-26-51(3)27-16-28-52(4)29-17-30-53(5)31-18-32-54(6)33-19-34-55(7)35-20-36-56(8)37-21-38-57(9)39-22-40-58(10)41-23-42-59(11)43-24-44-60(12)48-100-110(95,96)109-111(97,98)108-81-74(94)77(67(87)63(46-83)102-81)107-79-72(92)69(89)75(64(47-84)103-79)105-80-73(93)70(90)76(65(104-80)49-99-61(13)85)106-78-71(91)68(88)66(86)62(45-82)101-78/h14,26,28,30,32,34,36,38,40,42,44,62-84,86-94H,15-25,27,29,31,33,35,37,39,41,43,45-49H2,1-13H3,(H,95,96)(H,97,98)/b50-14-,51-26-,52-28-,53-30-,54-32-,55-34-,56-36-,57-38-,58-40+,59-42+,60-44+/t62-,63-,64-,65-,66-,67+,68+,69-,70-,71-,72-,73-,74-,75-,76-,77+,78+,79+,80+,81-/m1/s1. The number of carbonyl (C=O) groups excluding carboxylic acids is 1. The largest absolute Gasteiger partial charge is 0.483 e. The van der Waals surface area contributed by atoms with E-state index in [1.807, 2.05) is 6.92 Å². The molecule has 4 heterocycles. The maximum absolute atomic E-state index is 13.2. The van der Waals surface area contributed by atoms with E-state index in [9.17, 15) is 85.0 Å². The van der Waals surface area contributed by atoms with Crippen LogP contribution in [0.15, 0.2) is 128 Å². The van der Waals surface area contributed by atoms with Gasteiger partial charge in [-0.3, -0.25) is 13.8 Å². The third kappa shape index (κ3) is 36.3. The van der Waals surface area contributed by atoms with Crippen LogP contribution in [0.5, 0.6) is 0 Å². The van der Waals surface area contributed by atoms with E-state index in [0.717, 1.165) is 128 Å². The smallest absolute Gasteiger partial charge is 0.463 e. The van der Waals surface area contributed by atoms with Gasteiger partial charge >= 0.3 is 21.6 Å². The molecule has 0 aliphatic carbocycles. The summed E-state index contributed by atoms with van der Waals surface area (Å²) in [6.45, 7) is 22.6. The van der Waals surface area contributed by atoms with Crippen molar-refractivity contribution in [3.8, 4) is 0 Å². The molecule has 4 rings (SSSR count). The summed E-state index contributed by atoms with van der Waals surface area (Å²) >= 11 is 0. The Morgan fingerprint density at radius 2 is 0.622 bits per heavy atom. The van der Waals surface area contributed by atoms with Crippen molar-refractivity contribution in [2.45, 2.75) is 341 Å². The lowest BCUT2D eigenvalue weighted by Gasteiger charge is -2.49. The molecule has 14 N–H and O–H groups in total. The molecule has 0 aromatic carbocycles. The van der Waals surface area contributed by atoms with Crippen molar-refractivity contribution < 1.29 is 136 Å². The first-order valence-electron chi connectivity index (χ1n) is 39.0. The third-order valence-corrected chi connectivity index (χ3v) is 22.7. The summed E-state index contributed by atoms with van der Waals surface area (Å²) in [5.74, 6) is -0.865. The Bertz CT molecular complexity index is 3260. The van der Waals surface area contributed by atoms with Crippen LogP contribution in [0.4, 0.5) is 0 Å². The fourth-order valence-electron chi connectivity index (χ4n) is 12.9. The number of carbonyl (C=O) groups is 1. The van der Waals surface area contributed by atoms with Gasteiger partial charge < -0.3 is 109 Å². The van der Waals surface area contributed by atoms with Crippen LogP contribution in [-0.4, -0.2) is 233 Å². The average Bonchev–Trinajstić information content (AvgIpc) is 0.776. The molecule has 0 saturated carbocycles. The SMILES string of the molecule is C/C=C(/C)CC/C=C(/C)CC/C=C(/C)CC/C=C(/C)CC/C=C(/C)CC/C=C(/C)CC/C=C(/C)CC/C=C(/C)CC/C=C(\C)CC/C=C(\C)CC/C=C(\C)COP(=O)(O)OP(=O)(O)O[C@H]1O[C@H](CO)[C@H](O)[C@H](O[C@@H]2O[C@H](CO)[C@@H](O[C@@H]3O[C@H](COC(C)=O)[C@@H](O[C@@H]4O[C@H](CO)[C@@H](O)[C@H](O)[C@H]4O)[C@H](O)[C@H]3O)[C@H](O)[C@H]2O)[C@H]1O. The molecule has 0 aromatic heterocycles. The number of esters is 1. The van der Waals surface area contributed by atoms with E-state index >= 15 is 0 Å². The minimum absolute atomic E-state index is 0.470.